The van der Waals surface area contributed by atoms with E-state index in [1.807, 2.05) is 7.05 Å². The van der Waals surface area contributed by atoms with Gasteiger partial charge in [0.2, 0.25) is 0 Å². The van der Waals surface area contributed by atoms with Crippen LogP contribution in [0.25, 0.3) is 11.1 Å². The second kappa shape index (κ2) is 5.09. The van der Waals surface area contributed by atoms with Crippen molar-refractivity contribution in [2.75, 3.05) is 31.6 Å². The molecule has 0 spiro atoms. The molecule has 1 saturated heterocycles. The zero-order chi connectivity index (χ0) is 14.1. The Morgan fingerprint density at radius 1 is 1.60 bits per heavy atom. The normalized spacial score (nSPS) is 18.9. The quantitative estimate of drug-likeness (QED) is 0.677. The fourth-order valence-electron chi connectivity index (χ4n) is 2.61. The first kappa shape index (κ1) is 12.9. The molecule has 0 bridgehead atoms. The number of anilines is 1. The first-order chi connectivity index (χ1) is 9.67. The van der Waals surface area contributed by atoms with Crippen LogP contribution < -0.4 is 10.2 Å². The maximum absolute atomic E-state index is 10.8. The van der Waals surface area contributed by atoms with Gasteiger partial charge in [0.1, 0.15) is 5.52 Å². The van der Waals surface area contributed by atoms with E-state index in [-0.39, 0.29) is 5.69 Å². The Kier molecular flexibility index (Phi) is 3.27. The van der Waals surface area contributed by atoms with Crippen LogP contribution in [0, 0.1) is 16.0 Å². The molecular weight excluding hydrogens is 260 g/mol. The highest BCUT2D eigenvalue weighted by atomic mass is 16.6. The Hall–Kier alpha value is -2.15. The van der Waals surface area contributed by atoms with E-state index in [9.17, 15) is 10.1 Å². The molecule has 0 radical (unpaired) electrons. The predicted octanol–water partition coefficient (Wildman–Crippen LogP) is 1.78. The van der Waals surface area contributed by atoms with Crippen molar-refractivity contribution in [2.45, 2.75) is 6.42 Å². The van der Waals surface area contributed by atoms with Crippen LogP contribution in [0.4, 0.5) is 11.7 Å². The number of nitro groups is 1. The first-order valence-corrected chi connectivity index (χ1v) is 6.62. The van der Waals surface area contributed by atoms with Crippen molar-refractivity contribution in [1.82, 2.24) is 10.3 Å². The molecule has 1 aliphatic rings. The summed E-state index contributed by atoms with van der Waals surface area (Å²) in [4.78, 5) is 16.8. The Balaban J connectivity index is 1.84. The van der Waals surface area contributed by atoms with E-state index < -0.39 is 4.92 Å². The van der Waals surface area contributed by atoms with Crippen LogP contribution >= 0.6 is 0 Å². The first-order valence-electron chi connectivity index (χ1n) is 6.62. The molecule has 1 aliphatic heterocycles. The van der Waals surface area contributed by atoms with E-state index in [1.165, 1.54) is 12.1 Å². The monoisotopic (exact) mass is 276 g/mol. The summed E-state index contributed by atoms with van der Waals surface area (Å²) in [6, 6.07) is 5.04. The van der Waals surface area contributed by atoms with Crippen molar-refractivity contribution in [3.63, 3.8) is 0 Å². The molecule has 1 aromatic carbocycles. The molecule has 2 aromatic rings. The number of non-ortho nitro benzene ring substituents is 1. The van der Waals surface area contributed by atoms with Gasteiger partial charge in [0.05, 0.1) is 4.92 Å². The number of hydrogen-bond donors (Lipinski definition) is 1. The van der Waals surface area contributed by atoms with Gasteiger partial charge < -0.3 is 14.6 Å². The van der Waals surface area contributed by atoms with Gasteiger partial charge in [-0.2, -0.15) is 4.98 Å². The molecule has 0 amide bonds. The summed E-state index contributed by atoms with van der Waals surface area (Å²) < 4.78 is 5.68. The number of nitrogens with zero attached hydrogens (tertiary/aromatic N) is 3. The van der Waals surface area contributed by atoms with E-state index in [1.54, 1.807) is 6.07 Å². The molecule has 2 heterocycles. The highest BCUT2D eigenvalue weighted by Crippen LogP contribution is 2.28. The molecule has 20 heavy (non-hydrogen) atoms. The second-order valence-electron chi connectivity index (χ2n) is 5.06. The van der Waals surface area contributed by atoms with Crippen LogP contribution in [0.5, 0.6) is 0 Å². The molecule has 1 fully saturated rings. The third-order valence-corrected chi connectivity index (χ3v) is 3.62. The number of oxazole rings is 1. The average Bonchev–Trinajstić information content (AvgIpc) is 3.03. The summed E-state index contributed by atoms with van der Waals surface area (Å²) in [6.07, 6.45) is 1.10. The lowest BCUT2D eigenvalue weighted by molar-refractivity contribution is -0.384. The largest absolute Gasteiger partial charge is 0.423 e. The smallest absolute Gasteiger partial charge is 0.298 e. The van der Waals surface area contributed by atoms with E-state index in [4.69, 9.17) is 4.42 Å². The number of fused-ring (bicyclic) bond motifs is 1. The summed E-state index contributed by atoms with van der Waals surface area (Å²) in [5, 5.41) is 13.9. The highest BCUT2D eigenvalue weighted by Gasteiger charge is 2.25. The van der Waals surface area contributed by atoms with Crippen molar-refractivity contribution in [3.8, 4) is 0 Å². The maximum atomic E-state index is 10.8. The molecule has 3 rings (SSSR count). The van der Waals surface area contributed by atoms with Crippen LogP contribution in [-0.2, 0) is 0 Å². The van der Waals surface area contributed by atoms with E-state index >= 15 is 0 Å². The number of aromatic nitrogens is 1. The summed E-state index contributed by atoms with van der Waals surface area (Å²) in [5.41, 5.74) is 1.15. The number of nitrogens with one attached hydrogen (secondary N) is 1. The van der Waals surface area contributed by atoms with Crippen molar-refractivity contribution < 1.29 is 9.34 Å². The third kappa shape index (κ3) is 2.32. The number of rotatable bonds is 4. The maximum Gasteiger partial charge on any atom is 0.298 e. The second-order valence-corrected chi connectivity index (χ2v) is 5.06. The van der Waals surface area contributed by atoms with Gasteiger partial charge in [-0.05, 0) is 32.0 Å². The van der Waals surface area contributed by atoms with Crippen LogP contribution in [0.1, 0.15) is 6.42 Å². The highest BCUT2D eigenvalue weighted by molar-refractivity contribution is 5.77. The van der Waals surface area contributed by atoms with Gasteiger partial charge in [0, 0.05) is 25.2 Å². The summed E-state index contributed by atoms with van der Waals surface area (Å²) >= 11 is 0. The number of hydrogen-bond acceptors (Lipinski definition) is 6. The molecular formula is C13H16N4O3. The molecule has 1 unspecified atom stereocenters. The van der Waals surface area contributed by atoms with Crippen LogP contribution in [0.15, 0.2) is 22.6 Å². The number of nitro benzene ring substituents is 1. The van der Waals surface area contributed by atoms with Crippen molar-refractivity contribution in [3.05, 3.63) is 28.3 Å². The van der Waals surface area contributed by atoms with Gasteiger partial charge in [0.15, 0.2) is 5.58 Å². The Morgan fingerprint density at radius 3 is 3.20 bits per heavy atom. The van der Waals surface area contributed by atoms with Crippen LogP contribution in [0.3, 0.4) is 0 Å². The molecule has 106 valence electrons. The summed E-state index contributed by atoms with van der Waals surface area (Å²) in [7, 11) is 1.95. The van der Waals surface area contributed by atoms with Gasteiger partial charge in [-0.3, -0.25) is 10.1 Å². The zero-order valence-electron chi connectivity index (χ0n) is 11.2. The average molecular weight is 276 g/mol. The summed E-state index contributed by atoms with van der Waals surface area (Å²) in [6.45, 7) is 2.78. The molecule has 1 aromatic heterocycles. The Bertz CT molecular complexity index is 640. The molecule has 1 N–H and O–H groups in total. The minimum absolute atomic E-state index is 0.0341. The molecule has 7 nitrogen and oxygen atoms in total. The van der Waals surface area contributed by atoms with Gasteiger partial charge >= 0.3 is 0 Å². The van der Waals surface area contributed by atoms with Crippen LogP contribution in [0.2, 0.25) is 0 Å². The lowest BCUT2D eigenvalue weighted by atomic mass is 10.1. The fraction of sp³-hybridized carbons (Fsp3) is 0.462. The minimum atomic E-state index is -0.424. The predicted molar refractivity (Wildman–Crippen MR) is 74.9 cm³/mol. The Morgan fingerprint density at radius 2 is 2.45 bits per heavy atom. The van der Waals surface area contributed by atoms with Gasteiger partial charge in [0.25, 0.3) is 11.7 Å². The summed E-state index contributed by atoms with van der Waals surface area (Å²) in [5.74, 6) is 0.587. The fourth-order valence-corrected chi connectivity index (χ4v) is 2.61. The van der Waals surface area contributed by atoms with Crippen molar-refractivity contribution in [2.24, 2.45) is 5.92 Å². The number of benzene rings is 1. The SMILES string of the molecule is CNCC1CCN(c2nc3cc([N+](=O)[O-])ccc3o2)C1. The lowest BCUT2D eigenvalue weighted by Crippen LogP contribution is -2.24. The topological polar surface area (TPSA) is 84.4 Å². The molecule has 1 atom stereocenters. The van der Waals surface area contributed by atoms with Gasteiger partial charge in [-0.1, -0.05) is 0 Å². The molecule has 0 aliphatic carbocycles. The zero-order valence-corrected chi connectivity index (χ0v) is 11.2. The lowest BCUT2D eigenvalue weighted by Gasteiger charge is -2.13. The van der Waals surface area contributed by atoms with Gasteiger partial charge in [-0.15, -0.1) is 0 Å². The Labute approximate surface area is 115 Å². The van der Waals surface area contributed by atoms with E-state index in [0.717, 1.165) is 26.1 Å². The molecule has 0 saturated carbocycles. The van der Waals surface area contributed by atoms with Crippen LogP contribution in [-0.4, -0.2) is 36.6 Å². The van der Waals surface area contributed by atoms with Crippen molar-refractivity contribution >= 4 is 22.8 Å². The van der Waals surface area contributed by atoms with E-state index in [2.05, 4.69) is 15.2 Å². The minimum Gasteiger partial charge on any atom is -0.423 e. The van der Waals surface area contributed by atoms with Gasteiger partial charge in [-0.25, -0.2) is 0 Å². The molecule has 7 heteroatoms. The third-order valence-electron chi connectivity index (χ3n) is 3.62. The van der Waals surface area contributed by atoms with Crippen molar-refractivity contribution in [1.29, 1.82) is 0 Å². The van der Waals surface area contributed by atoms with E-state index in [0.29, 0.717) is 23.0 Å². The standard InChI is InChI=1S/C13H16N4O3/c1-14-7-9-4-5-16(8-9)13-15-11-6-10(17(18)19)2-3-12(11)20-13/h2-3,6,9,14H,4-5,7-8H2,1H3.